The first-order chi connectivity index (χ1) is 9.67. The lowest BCUT2D eigenvalue weighted by molar-refractivity contribution is 0.410. The van der Waals surface area contributed by atoms with Gasteiger partial charge in [-0.2, -0.15) is 0 Å². The van der Waals surface area contributed by atoms with E-state index in [2.05, 4.69) is 56.4 Å². The van der Waals surface area contributed by atoms with Crippen LogP contribution in [0.5, 0.6) is 0 Å². The smallest absolute Gasteiger partial charge is 0.0484 e. The van der Waals surface area contributed by atoms with Crippen LogP contribution in [-0.2, 0) is 0 Å². The van der Waals surface area contributed by atoms with Gasteiger partial charge in [0.25, 0.3) is 0 Å². The van der Waals surface area contributed by atoms with Crippen molar-refractivity contribution in [3.8, 4) is 0 Å². The van der Waals surface area contributed by atoms with E-state index < -0.39 is 0 Å². The van der Waals surface area contributed by atoms with Crippen molar-refractivity contribution in [2.45, 2.75) is 39.7 Å². The van der Waals surface area contributed by atoms with Crippen LogP contribution in [0.25, 0.3) is 10.8 Å². The molecule has 0 aliphatic rings. The molecule has 0 radical (unpaired) electrons. The molecule has 0 spiro atoms. The van der Waals surface area contributed by atoms with Crippen LogP contribution in [0.2, 0.25) is 5.02 Å². The number of halogens is 1. The van der Waals surface area contributed by atoms with E-state index in [-0.39, 0.29) is 0 Å². The highest BCUT2D eigenvalue weighted by Crippen LogP contribution is 2.32. The molecule has 0 fully saturated rings. The summed E-state index contributed by atoms with van der Waals surface area (Å²) >= 11 is 6.32. The minimum Gasteiger partial charge on any atom is -0.310 e. The summed E-state index contributed by atoms with van der Waals surface area (Å²) in [5.74, 6) is 0.716. The van der Waals surface area contributed by atoms with Crippen LogP contribution in [0.4, 0.5) is 0 Å². The molecule has 0 saturated carbocycles. The molecule has 1 nitrogen and oxygen atoms in total. The molecule has 2 aromatic carbocycles. The summed E-state index contributed by atoms with van der Waals surface area (Å²) in [4.78, 5) is 0. The lowest BCUT2D eigenvalue weighted by Gasteiger charge is -2.23. The van der Waals surface area contributed by atoms with Crippen LogP contribution in [0.1, 0.15) is 45.2 Å². The molecular weight excluding hydrogens is 266 g/mol. The van der Waals surface area contributed by atoms with E-state index in [1.54, 1.807) is 0 Å². The molecule has 108 valence electrons. The summed E-state index contributed by atoms with van der Waals surface area (Å²) in [7, 11) is 0. The van der Waals surface area contributed by atoms with Crippen LogP contribution in [0.3, 0.4) is 0 Å². The second kappa shape index (κ2) is 7.10. The van der Waals surface area contributed by atoms with E-state index >= 15 is 0 Å². The molecule has 0 saturated heterocycles. The maximum absolute atomic E-state index is 6.32. The highest BCUT2D eigenvalue weighted by atomic mass is 35.5. The van der Waals surface area contributed by atoms with Crippen molar-refractivity contribution in [2.24, 2.45) is 5.92 Å². The van der Waals surface area contributed by atoms with E-state index in [0.29, 0.717) is 12.0 Å². The highest BCUT2D eigenvalue weighted by molar-refractivity contribution is 6.35. The average Bonchev–Trinajstić information content (AvgIpc) is 2.47. The van der Waals surface area contributed by atoms with Crippen molar-refractivity contribution in [1.82, 2.24) is 5.32 Å². The molecule has 20 heavy (non-hydrogen) atoms. The molecule has 2 unspecified atom stereocenters. The zero-order valence-corrected chi connectivity index (χ0v) is 13.4. The average molecular weight is 290 g/mol. The van der Waals surface area contributed by atoms with Crippen LogP contribution in [0.15, 0.2) is 36.4 Å². The Morgan fingerprint density at radius 1 is 1.05 bits per heavy atom. The summed E-state index contributed by atoms with van der Waals surface area (Å²) in [6.45, 7) is 7.73. The summed E-state index contributed by atoms with van der Waals surface area (Å²) in [5.41, 5.74) is 1.37. The van der Waals surface area contributed by atoms with Crippen LogP contribution < -0.4 is 5.32 Å². The Balaban J connectivity index is 2.45. The zero-order valence-electron chi connectivity index (χ0n) is 12.6. The third-order valence-corrected chi connectivity index (χ3v) is 4.40. The predicted octanol–water partition coefficient (Wildman–Crippen LogP) is 5.58. The van der Waals surface area contributed by atoms with Crippen molar-refractivity contribution in [3.63, 3.8) is 0 Å². The van der Waals surface area contributed by atoms with Gasteiger partial charge in [-0.1, -0.05) is 69.1 Å². The second-order valence-electron chi connectivity index (χ2n) is 5.54. The fraction of sp³-hybridized carbons (Fsp3) is 0.444. The number of rotatable bonds is 6. The van der Waals surface area contributed by atoms with Gasteiger partial charge >= 0.3 is 0 Å². The van der Waals surface area contributed by atoms with Gasteiger partial charge in [-0.3, -0.25) is 0 Å². The zero-order chi connectivity index (χ0) is 14.5. The minimum absolute atomic E-state index is 0.400. The van der Waals surface area contributed by atoms with E-state index in [1.807, 2.05) is 6.07 Å². The van der Waals surface area contributed by atoms with Crippen molar-refractivity contribution < 1.29 is 0 Å². The van der Waals surface area contributed by atoms with Crippen LogP contribution in [0, 0.1) is 5.92 Å². The van der Waals surface area contributed by atoms with Gasteiger partial charge in [-0.05, 0) is 35.9 Å². The molecule has 1 N–H and O–H groups in total. The van der Waals surface area contributed by atoms with Gasteiger partial charge in [0.2, 0.25) is 0 Å². The first kappa shape index (κ1) is 15.3. The Bertz CT molecular complexity index is 564. The van der Waals surface area contributed by atoms with Gasteiger partial charge in [-0.25, -0.2) is 0 Å². The Morgan fingerprint density at radius 3 is 2.40 bits per heavy atom. The molecule has 2 rings (SSSR count). The topological polar surface area (TPSA) is 12.0 Å². The number of hydrogen-bond donors (Lipinski definition) is 1. The molecule has 0 heterocycles. The van der Waals surface area contributed by atoms with E-state index in [1.165, 1.54) is 17.4 Å². The summed E-state index contributed by atoms with van der Waals surface area (Å²) in [6.07, 6.45) is 2.38. The maximum Gasteiger partial charge on any atom is 0.0484 e. The van der Waals surface area contributed by atoms with Gasteiger partial charge in [-0.15, -0.1) is 0 Å². The molecule has 2 aromatic rings. The number of hydrogen-bond acceptors (Lipinski definition) is 1. The van der Waals surface area contributed by atoms with E-state index in [4.69, 9.17) is 11.6 Å². The summed E-state index contributed by atoms with van der Waals surface area (Å²) in [6, 6.07) is 13.0. The van der Waals surface area contributed by atoms with Crippen LogP contribution >= 0.6 is 11.6 Å². The van der Waals surface area contributed by atoms with E-state index in [0.717, 1.165) is 23.4 Å². The third kappa shape index (κ3) is 3.34. The quantitative estimate of drug-likeness (QED) is 0.732. The van der Waals surface area contributed by atoms with Gasteiger partial charge in [0.15, 0.2) is 0 Å². The van der Waals surface area contributed by atoms with Gasteiger partial charge in [0.05, 0.1) is 0 Å². The number of benzene rings is 2. The summed E-state index contributed by atoms with van der Waals surface area (Å²) in [5, 5.41) is 6.89. The Hall–Kier alpha value is -1.05. The monoisotopic (exact) mass is 289 g/mol. The summed E-state index contributed by atoms with van der Waals surface area (Å²) < 4.78 is 0. The van der Waals surface area contributed by atoms with Crippen molar-refractivity contribution in [3.05, 3.63) is 47.0 Å². The van der Waals surface area contributed by atoms with Gasteiger partial charge in [0, 0.05) is 16.5 Å². The molecule has 0 aliphatic carbocycles. The van der Waals surface area contributed by atoms with Gasteiger partial charge < -0.3 is 5.32 Å². The first-order valence-electron chi connectivity index (χ1n) is 7.57. The highest BCUT2D eigenvalue weighted by Gasteiger charge is 2.16. The standard InChI is InChI=1S/C18H24ClN/c1-4-13(3)12-18(20-5-2)16-10-11-17(19)15-9-7-6-8-14(15)16/h6-11,13,18,20H,4-5,12H2,1-3H3. The SMILES string of the molecule is CCNC(CC(C)CC)c1ccc(Cl)c2ccccc12. The predicted molar refractivity (Wildman–Crippen MR) is 89.4 cm³/mol. The third-order valence-electron chi connectivity index (χ3n) is 4.07. The molecular formula is C18H24ClN. The second-order valence-corrected chi connectivity index (χ2v) is 5.95. The van der Waals surface area contributed by atoms with Crippen molar-refractivity contribution in [2.75, 3.05) is 6.54 Å². The Labute approximate surface area is 127 Å². The molecule has 2 atom stereocenters. The minimum atomic E-state index is 0.400. The maximum atomic E-state index is 6.32. The van der Waals surface area contributed by atoms with Gasteiger partial charge in [0.1, 0.15) is 0 Å². The normalized spacial score (nSPS) is 14.4. The molecule has 0 amide bonds. The van der Waals surface area contributed by atoms with Crippen molar-refractivity contribution >= 4 is 22.4 Å². The first-order valence-corrected chi connectivity index (χ1v) is 7.95. The number of fused-ring (bicyclic) bond motifs is 1. The largest absolute Gasteiger partial charge is 0.310 e. The fourth-order valence-corrected chi connectivity index (χ4v) is 2.95. The molecule has 0 bridgehead atoms. The molecule has 0 aliphatic heterocycles. The van der Waals surface area contributed by atoms with Crippen LogP contribution in [-0.4, -0.2) is 6.54 Å². The van der Waals surface area contributed by atoms with Crippen molar-refractivity contribution in [1.29, 1.82) is 0 Å². The lowest BCUT2D eigenvalue weighted by atomic mass is 9.91. The lowest BCUT2D eigenvalue weighted by Crippen LogP contribution is -2.23. The fourth-order valence-electron chi connectivity index (χ4n) is 2.73. The van der Waals surface area contributed by atoms with E-state index in [9.17, 15) is 0 Å². The number of nitrogens with one attached hydrogen (secondary N) is 1. The Morgan fingerprint density at radius 2 is 1.75 bits per heavy atom. The molecule has 2 heteroatoms. The Kier molecular flexibility index (Phi) is 5.45. The molecule has 0 aromatic heterocycles.